The van der Waals surface area contributed by atoms with Crippen molar-refractivity contribution in [1.82, 2.24) is 10.2 Å². The molecule has 0 saturated heterocycles. The predicted molar refractivity (Wildman–Crippen MR) is 152 cm³/mol. The number of aryl methyl sites for hydroxylation is 1. The number of anilines is 1. The molecule has 0 saturated carbocycles. The summed E-state index contributed by atoms with van der Waals surface area (Å²) in [6, 6.07) is 18.6. The highest BCUT2D eigenvalue weighted by Gasteiger charge is 2.33. The van der Waals surface area contributed by atoms with E-state index in [-0.39, 0.29) is 23.4 Å². The van der Waals surface area contributed by atoms with Crippen molar-refractivity contribution in [1.29, 1.82) is 0 Å². The second kappa shape index (κ2) is 12.7. The second-order valence-corrected chi connectivity index (χ2v) is 12.0. The predicted octanol–water partition coefficient (Wildman–Crippen LogP) is 5.44. The molecule has 0 radical (unpaired) electrons. The fourth-order valence-electron chi connectivity index (χ4n) is 3.95. The molecule has 0 heterocycles. The minimum atomic E-state index is -4.14. The Morgan fingerprint density at radius 2 is 1.55 bits per heavy atom. The zero-order chi connectivity index (χ0) is 28.0. The molecule has 0 spiro atoms. The number of nitrogens with zero attached hydrogens (tertiary/aromatic N) is 2. The van der Waals surface area contributed by atoms with Crippen LogP contribution < -0.4 is 9.62 Å². The summed E-state index contributed by atoms with van der Waals surface area (Å²) in [5, 5.41) is 3.75. The van der Waals surface area contributed by atoms with Gasteiger partial charge in [0.1, 0.15) is 12.6 Å². The molecule has 0 aliphatic heterocycles. The maximum absolute atomic E-state index is 13.9. The minimum absolute atomic E-state index is 0.0362. The van der Waals surface area contributed by atoms with Gasteiger partial charge in [0.2, 0.25) is 11.8 Å². The van der Waals surface area contributed by atoms with Crippen LogP contribution in [0.15, 0.2) is 77.7 Å². The summed E-state index contributed by atoms with van der Waals surface area (Å²) < 4.78 is 28.7. The molecule has 1 N–H and O–H groups in total. The lowest BCUT2D eigenvalue weighted by Crippen LogP contribution is -2.52. The average Bonchev–Trinajstić information content (AvgIpc) is 2.86. The van der Waals surface area contributed by atoms with Gasteiger partial charge in [-0.25, -0.2) is 8.42 Å². The summed E-state index contributed by atoms with van der Waals surface area (Å²) in [6.45, 7) is 6.52. The smallest absolute Gasteiger partial charge is 0.264 e. The summed E-state index contributed by atoms with van der Waals surface area (Å²) in [5.74, 6) is -0.902. The highest BCUT2D eigenvalue weighted by Crippen LogP contribution is 2.29. The number of carbonyl (C=O) groups excluding carboxylic acids is 2. The van der Waals surface area contributed by atoms with E-state index in [0.717, 1.165) is 4.31 Å². The molecule has 202 valence electrons. The quantitative estimate of drug-likeness (QED) is 0.348. The van der Waals surface area contributed by atoms with E-state index in [2.05, 4.69) is 5.32 Å². The largest absolute Gasteiger partial charge is 0.352 e. The van der Waals surface area contributed by atoms with Crippen LogP contribution in [-0.4, -0.2) is 43.8 Å². The van der Waals surface area contributed by atoms with Gasteiger partial charge in [-0.3, -0.25) is 13.9 Å². The molecule has 0 fully saturated rings. The number of halogens is 2. The molecule has 1 unspecified atom stereocenters. The first kappa shape index (κ1) is 29.5. The Balaban J connectivity index is 2.06. The van der Waals surface area contributed by atoms with E-state index in [1.807, 2.05) is 13.8 Å². The Morgan fingerprint density at radius 1 is 0.895 bits per heavy atom. The van der Waals surface area contributed by atoms with E-state index in [4.69, 9.17) is 23.2 Å². The van der Waals surface area contributed by atoms with Crippen LogP contribution in [0.5, 0.6) is 0 Å². The lowest BCUT2D eigenvalue weighted by molar-refractivity contribution is -0.139. The zero-order valence-electron chi connectivity index (χ0n) is 21.7. The normalized spacial score (nSPS) is 12.2. The molecule has 3 aromatic rings. The van der Waals surface area contributed by atoms with E-state index in [9.17, 15) is 18.0 Å². The first-order valence-electron chi connectivity index (χ1n) is 12.1. The summed E-state index contributed by atoms with van der Waals surface area (Å²) in [4.78, 5) is 28.2. The molecule has 0 aliphatic carbocycles. The molecule has 1 atom stereocenters. The van der Waals surface area contributed by atoms with E-state index in [1.165, 1.54) is 17.0 Å². The number of rotatable bonds is 10. The van der Waals surface area contributed by atoms with Gasteiger partial charge in [0.05, 0.1) is 10.6 Å². The van der Waals surface area contributed by atoms with Crippen LogP contribution in [0.25, 0.3) is 0 Å². The first-order valence-corrected chi connectivity index (χ1v) is 14.3. The lowest BCUT2D eigenvalue weighted by Gasteiger charge is -2.32. The van der Waals surface area contributed by atoms with Gasteiger partial charge in [-0.15, -0.1) is 0 Å². The molecule has 3 aromatic carbocycles. The molecule has 10 heteroatoms. The van der Waals surface area contributed by atoms with Gasteiger partial charge in [0, 0.05) is 22.6 Å². The molecule has 7 nitrogen and oxygen atoms in total. The standard InChI is InChI=1S/C28H31Cl2N3O4S/c1-19(2)31-28(35)21(4)32(17-22-9-8-10-23(29)16-22)27(34)18-33(26-14-13-24(30)15-20(26)3)38(36,37)25-11-6-5-7-12-25/h5-16,19,21H,17-18H2,1-4H3,(H,31,35). The number of sulfonamides is 1. The van der Waals surface area contributed by atoms with Crippen LogP contribution in [0, 0.1) is 6.92 Å². The lowest BCUT2D eigenvalue weighted by atomic mass is 10.1. The Morgan fingerprint density at radius 3 is 2.16 bits per heavy atom. The van der Waals surface area contributed by atoms with E-state index in [1.54, 1.807) is 74.5 Å². The van der Waals surface area contributed by atoms with Crippen molar-refractivity contribution in [3.05, 3.63) is 94.0 Å². The second-order valence-electron chi connectivity index (χ2n) is 9.25. The molecule has 38 heavy (non-hydrogen) atoms. The van der Waals surface area contributed by atoms with Gasteiger partial charge < -0.3 is 10.2 Å². The van der Waals surface area contributed by atoms with Crippen LogP contribution in [0.3, 0.4) is 0 Å². The number of benzene rings is 3. The number of amides is 2. The average molecular weight is 577 g/mol. The van der Waals surface area contributed by atoms with E-state index < -0.39 is 28.5 Å². The van der Waals surface area contributed by atoms with Gasteiger partial charge in [-0.2, -0.15) is 0 Å². The van der Waals surface area contributed by atoms with Crippen LogP contribution in [0.1, 0.15) is 31.9 Å². The molecule has 0 bridgehead atoms. The third-order valence-electron chi connectivity index (χ3n) is 5.88. The van der Waals surface area contributed by atoms with Crippen LogP contribution in [-0.2, 0) is 26.2 Å². The van der Waals surface area contributed by atoms with E-state index >= 15 is 0 Å². The molecule has 0 aliphatic rings. The van der Waals surface area contributed by atoms with Gasteiger partial charge in [0.15, 0.2) is 0 Å². The number of hydrogen-bond donors (Lipinski definition) is 1. The van der Waals surface area contributed by atoms with Crippen LogP contribution in [0.2, 0.25) is 10.0 Å². The number of nitrogens with one attached hydrogen (secondary N) is 1. The summed E-state index contributed by atoms with van der Waals surface area (Å²) in [7, 11) is -4.14. The summed E-state index contributed by atoms with van der Waals surface area (Å²) in [5.41, 5.74) is 1.60. The molecule has 3 rings (SSSR count). The van der Waals surface area contributed by atoms with Crippen molar-refractivity contribution in [3.63, 3.8) is 0 Å². The van der Waals surface area contributed by atoms with Gasteiger partial charge in [-0.05, 0) is 81.3 Å². The highest BCUT2D eigenvalue weighted by molar-refractivity contribution is 7.92. The fraction of sp³-hybridized carbons (Fsp3) is 0.286. The fourth-order valence-corrected chi connectivity index (χ4v) is 5.89. The Hall–Kier alpha value is -3.07. The summed E-state index contributed by atoms with van der Waals surface area (Å²) >= 11 is 12.3. The Bertz CT molecular complexity index is 1400. The van der Waals surface area contributed by atoms with Crippen LogP contribution in [0.4, 0.5) is 5.69 Å². The van der Waals surface area contributed by atoms with Gasteiger partial charge in [-0.1, -0.05) is 53.5 Å². The Kier molecular flexibility index (Phi) is 9.82. The molecule has 0 aromatic heterocycles. The molecular weight excluding hydrogens is 545 g/mol. The number of carbonyl (C=O) groups is 2. The van der Waals surface area contributed by atoms with Gasteiger partial charge in [0.25, 0.3) is 10.0 Å². The highest BCUT2D eigenvalue weighted by atomic mass is 35.5. The van der Waals surface area contributed by atoms with Crippen molar-refractivity contribution >= 4 is 50.7 Å². The topological polar surface area (TPSA) is 86.8 Å². The summed E-state index contributed by atoms with van der Waals surface area (Å²) in [6.07, 6.45) is 0. The maximum atomic E-state index is 13.9. The van der Waals surface area contributed by atoms with E-state index in [0.29, 0.717) is 26.9 Å². The zero-order valence-corrected chi connectivity index (χ0v) is 24.0. The SMILES string of the molecule is Cc1cc(Cl)ccc1N(CC(=O)N(Cc1cccc(Cl)c1)C(C)C(=O)NC(C)C)S(=O)(=O)c1ccccc1. The molecular formula is C28H31Cl2N3O4S. The Labute approximate surface area is 234 Å². The van der Waals surface area contributed by atoms with Gasteiger partial charge >= 0.3 is 0 Å². The van der Waals surface area contributed by atoms with Crippen molar-refractivity contribution in [2.45, 2.75) is 51.2 Å². The minimum Gasteiger partial charge on any atom is -0.352 e. The monoisotopic (exact) mass is 575 g/mol. The van der Waals surface area contributed by atoms with Crippen molar-refractivity contribution in [3.8, 4) is 0 Å². The maximum Gasteiger partial charge on any atom is 0.264 e. The third-order valence-corrected chi connectivity index (χ3v) is 8.12. The first-order chi connectivity index (χ1) is 17.9. The molecule has 2 amide bonds. The van der Waals surface area contributed by atoms with Crippen molar-refractivity contribution < 1.29 is 18.0 Å². The third kappa shape index (κ3) is 7.28. The van der Waals surface area contributed by atoms with Crippen molar-refractivity contribution in [2.75, 3.05) is 10.8 Å². The van der Waals surface area contributed by atoms with Crippen LogP contribution >= 0.6 is 23.2 Å². The van der Waals surface area contributed by atoms with Crippen molar-refractivity contribution in [2.24, 2.45) is 0 Å². The number of hydrogen-bond acceptors (Lipinski definition) is 4.